The lowest BCUT2D eigenvalue weighted by molar-refractivity contribution is -0.119. The van der Waals surface area contributed by atoms with Gasteiger partial charge in [0.1, 0.15) is 11.5 Å². The lowest BCUT2D eigenvalue weighted by Gasteiger charge is -2.27. The predicted octanol–water partition coefficient (Wildman–Crippen LogP) is 4.10. The van der Waals surface area contributed by atoms with Crippen molar-refractivity contribution in [2.45, 2.75) is 44.9 Å². The lowest BCUT2D eigenvalue weighted by Crippen LogP contribution is -2.16. The van der Waals surface area contributed by atoms with Gasteiger partial charge in [-0.05, 0) is 68.1 Å². The predicted molar refractivity (Wildman–Crippen MR) is 92.4 cm³/mol. The molecule has 1 saturated carbocycles. The average molecular weight is 311 g/mol. The molecule has 1 N–H and O–H groups in total. The number of nitrogens with one attached hydrogen (secondary N) is 1. The normalized spacial score (nSPS) is 20.4. The van der Waals surface area contributed by atoms with Gasteiger partial charge in [0.25, 0.3) is 0 Å². The summed E-state index contributed by atoms with van der Waals surface area (Å²) in [6.07, 6.45) is 8.43. The Bertz CT molecular complexity index is 629. The van der Waals surface area contributed by atoms with Gasteiger partial charge in [0, 0.05) is 12.3 Å². The van der Waals surface area contributed by atoms with Gasteiger partial charge in [0.15, 0.2) is 0 Å². The van der Waals surface area contributed by atoms with E-state index in [0.29, 0.717) is 24.0 Å². The zero-order valence-corrected chi connectivity index (χ0v) is 13.8. The second-order valence-electron chi connectivity index (χ2n) is 6.69. The van der Waals surface area contributed by atoms with Crippen LogP contribution in [0.3, 0.4) is 0 Å². The van der Waals surface area contributed by atoms with E-state index < -0.39 is 0 Å². The van der Waals surface area contributed by atoms with Crippen LogP contribution >= 0.6 is 0 Å². The number of allylic oxidation sites excluding steroid dienone is 1. The van der Waals surface area contributed by atoms with Crippen molar-refractivity contribution in [2.24, 2.45) is 5.92 Å². The molecule has 1 aromatic rings. The zero-order chi connectivity index (χ0) is 16.2. The Kier molecular flexibility index (Phi) is 4.85. The number of carbonyl (C=O) groups is 1. The van der Waals surface area contributed by atoms with Crippen LogP contribution in [0.1, 0.15) is 49.7 Å². The molecule has 3 nitrogen and oxygen atoms in total. The van der Waals surface area contributed by atoms with E-state index in [0.717, 1.165) is 43.6 Å². The Morgan fingerprint density at radius 3 is 2.96 bits per heavy atom. The van der Waals surface area contributed by atoms with Crippen molar-refractivity contribution in [3.63, 3.8) is 0 Å². The third kappa shape index (κ3) is 4.04. The van der Waals surface area contributed by atoms with Gasteiger partial charge in [-0.15, -0.1) is 0 Å². The second kappa shape index (κ2) is 7.03. The summed E-state index contributed by atoms with van der Waals surface area (Å²) in [6.45, 7) is 6.56. The number of benzene rings is 1. The van der Waals surface area contributed by atoms with Gasteiger partial charge in [-0.3, -0.25) is 4.79 Å². The van der Waals surface area contributed by atoms with Crippen molar-refractivity contribution in [3.8, 4) is 5.75 Å². The van der Waals surface area contributed by atoms with Crippen LogP contribution in [-0.4, -0.2) is 12.4 Å². The second-order valence-corrected chi connectivity index (χ2v) is 6.69. The Hall–Kier alpha value is -2.03. The third-order valence-corrected chi connectivity index (χ3v) is 4.66. The molecule has 2 aliphatic rings. The molecule has 3 rings (SSSR count). The van der Waals surface area contributed by atoms with E-state index in [1.165, 1.54) is 11.1 Å². The van der Waals surface area contributed by atoms with Gasteiger partial charge in [0.2, 0.25) is 0 Å². The molecule has 1 atom stereocenters. The molecule has 1 aromatic carbocycles. The third-order valence-electron chi connectivity index (χ3n) is 4.66. The summed E-state index contributed by atoms with van der Waals surface area (Å²) in [5.74, 6) is 2.16. The molecule has 1 heterocycles. The Balaban J connectivity index is 1.75. The van der Waals surface area contributed by atoms with Gasteiger partial charge in [0.05, 0.1) is 6.61 Å². The fraction of sp³-hybridized carbons (Fsp3) is 0.450. The first-order chi connectivity index (χ1) is 11.2. The highest BCUT2D eigenvalue weighted by Gasteiger charge is 2.29. The van der Waals surface area contributed by atoms with Crippen LogP contribution in [-0.2, 0) is 11.2 Å². The quantitative estimate of drug-likeness (QED) is 0.824. The summed E-state index contributed by atoms with van der Waals surface area (Å²) in [6, 6.07) is 6.27. The maximum atomic E-state index is 12.1. The maximum Gasteiger partial charge on any atom is 0.140 e. The van der Waals surface area contributed by atoms with Gasteiger partial charge < -0.3 is 10.1 Å². The number of hydrogen-bond donors (Lipinski definition) is 1. The highest BCUT2D eigenvalue weighted by atomic mass is 16.5. The van der Waals surface area contributed by atoms with E-state index in [9.17, 15) is 4.79 Å². The fourth-order valence-electron chi connectivity index (χ4n) is 3.24. The summed E-state index contributed by atoms with van der Waals surface area (Å²) >= 11 is 0. The Morgan fingerprint density at radius 2 is 2.22 bits per heavy atom. The number of Topliss-reactive ketones (excluding diaryl/α,β-unsaturated/α-hetero) is 1. The molecule has 0 spiro atoms. The molecule has 1 aliphatic carbocycles. The number of ether oxygens (including phenoxy) is 1. The van der Waals surface area contributed by atoms with Crippen LogP contribution in [0.2, 0.25) is 0 Å². The van der Waals surface area contributed by atoms with Gasteiger partial charge in [-0.25, -0.2) is 0 Å². The molecule has 0 saturated heterocycles. The number of fused-ring (bicyclic) bond motifs is 1. The molecule has 0 bridgehead atoms. The van der Waals surface area contributed by atoms with E-state index >= 15 is 0 Å². The van der Waals surface area contributed by atoms with Crippen molar-refractivity contribution >= 4 is 5.78 Å². The minimum Gasteiger partial charge on any atom is -0.493 e. The van der Waals surface area contributed by atoms with Crippen LogP contribution in [0, 0.1) is 5.92 Å². The molecule has 1 fully saturated rings. The summed E-state index contributed by atoms with van der Waals surface area (Å²) in [7, 11) is 0. The SMILES string of the molecule is C=CN/C=C(\C)CC1CCOc2ccc(CC(=O)C3CC3)cc21. The summed E-state index contributed by atoms with van der Waals surface area (Å²) in [5.41, 5.74) is 3.67. The largest absolute Gasteiger partial charge is 0.493 e. The van der Waals surface area contributed by atoms with Gasteiger partial charge in [-0.1, -0.05) is 24.3 Å². The zero-order valence-electron chi connectivity index (χ0n) is 13.8. The monoisotopic (exact) mass is 311 g/mol. The van der Waals surface area contributed by atoms with E-state index in [2.05, 4.69) is 24.9 Å². The van der Waals surface area contributed by atoms with Gasteiger partial charge >= 0.3 is 0 Å². The molecule has 1 unspecified atom stereocenters. The summed E-state index contributed by atoms with van der Waals surface area (Å²) in [5, 5.41) is 3.04. The van der Waals surface area contributed by atoms with Crippen molar-refractivity contribution in [3.05, 3.63) is 53.9 Å². The van der Waals surface area contributed by atoms with Crippen LogP contribution in [0.5, 0.6) is 5.75 Å². The van der Waals surface area contributed by atoms with Crippen LogP contribution in [0.25, 0.3) is 0 Å². The number of ketones is 1. The molecule has 1 aliphatic heterocycles. The average Bonchev–Trinajstić information content (AvgIpc) is 3.38. The first-order valence-corrected chi connectivity index (χ1v) is 8.48. The van der Waals surface area contributed by atoms with Crippen molar-refractivity contribution in [1.82, 2.24) is 5.32 Å². The van der Waals surface area contributed by atoms with Crippen LogP contribution in [0.15, 0.2) is 42.8 Å². The molecule has 122 valence electrons. The van der Waals surface area contributed by atoms with Gasteiger partial charge in [-0.2, -0.15) is 0 Å². The van der Waals surface area contributed by atoms with Crippen molar-refractivity contribution < 1.29 is 9.53 Å². The summed E-state index contributed by atoms with van der Waals surface area (Å²) in [4.78, 5) is 12.1. The molecule has 0 radical (unpaired) electrons. The number of hydrogen-bond acceptors (Lipinski definition) is 3. The molecule has 23 heavy (non-hydrogen) atoms. The smallest absolute Gasteiger partial charge is 0.140 e. The number of carbonyl (C=O) groups excluding carboxylic acids is 1. The minimum atomic E-state index is 0.327. The molecule has 0 aromatic heterocycles. The number of rotatable bonds is 7. The molecule has 0 amide bonds. The molecular formula is C20H25NO2. The lowest BCUT2D eigenvalue weighted by atomic mass is 9.86. The van der Waals surface area contributed by atoms with Crippen LogP contribution in [0.4, 0.5) is 0 Å². The van der Waals surface area contributed by atoms with E-state index in [-0.39, 0.29) is 0 Å². The van der Waals surface area contributed by atoms with E-state index in [1.807, 2.05) is 18.3 Å². The van der Waals surface area contributed by atoms with Crippen molar-refractivity contribution in [1.29, 1.82) is 0 Å². The summed E-state index contributed by atoms with van der Waals surface area (Å²) < 4.78 is 5.80. The van der Waals surface area contributed by atoms with Crippen molar-refractivity contribution in [2.75, 3.05) is 6.61 Å². The van der Waals surface area contributed by atoms with E-state index in [1.54, 1.807) is 6.20 Å². The standard InChI is InChI=1S/C20H25NO2/c1-3-21-13-14(2)10-17-8-9-23-20-7-4-15(11-18(17)20)12-19(22)16-5-6-16/h3-4,7,11,13,16-17,21H,1,5-6,8-10,12H2,2H3/b14-13+. The molecular weight excluding hydrogens is 286 g/mol. The highest BCUT2D eigenvalue weighted by molar-refractivity contribution is 5.85. The van der Waals surface area contributed by atoms with E-state index in [4.69, 9.17) is 4.74 Å². The Morgan fingerprint density at radius 1 is 1.39 bits per heavy atom. The minimum absolute atomic E-state index is 0.327. The topological polar surface area (TPSA) is 38.3 Å². The fourth-order valence-corrected chi connectivity index (χ4v) is 3.24. The highest BCUT2D eigenvalue weighted by Crippen LogP contribution is 2.38. The Labute approximate surface area is 138 Å². The first-order valence-electron chi connectivity index (χ1n) is 8.48. The molecule has 3 heteroatoms. The van der Waals surface area contributed by atoms with Crippen LogP contribution < -0.4 is 10.1 Å². The first kappa shape index (κ1) is 15.9. The maximum absolute atomic E-state index is 12.1.